The maximum atomic E-state index is 9.15. The molecular formula is C10H11ClN4OS. The van der Waals surface area contributed by atoms with Crippen LogP contribution in [0.1, 0.15) is 11.8 Å². The molecule has 0 spiro atoms. The number of thioether (sulfide) groups is 1. The van der Waals surface area contributed by atoms with Crippen molar-refractivity contribution in [1.82, 2.24) is 19.5 Å². The van der Waals surface area contributed by atoms with Gasteiger partial charge in [0.1, 0.15) is 11.8 Å². The van der Waals surface area contributed by atoms with Gasteiger partial charge in [0, 0.05) is 12.4 Å². The van der Waals surface area contributed by atoms with E-state index in [1.54, 1.807) is 6.33 Å². The fourth-order valence-electron chi connectivity index (χ4n) is 2.02. The Labute approximate surface area is 107 Å². The molecule has 1 fully saturated rings. The van der Waals surface area contributed by atoms with Gasteiger partial charge in [0.15, 0.2) is 10.8 Å². The quantitative estimate of drug-likeness (QED) is 0.842. The normalized spacial score (nSPS) is 24.6. The summed E-state index contributed by atoms with van der Waals surface area (Å²) in [6.07, 6.45) is 4.14. The Morgan fingerprint density at radius 1 is 1.47 bits per heavy atom. The van der Waals surface area contributed by atoms with Crippen molar-refractivity contribution in [2.45, 2.75) is 11.8 Å². The molecule has 2 atom stereocenters. The van der Waals surface area contributed by atoms with Crippen molar-refractivity contribution in [2.24, 2.45) is 5.92 Å². The number of aliphatic hydroxyl groups excluding tert-OH is 1. The number of nitrogens with zero attached hydrogens (tertiary/aromatic N) is 4. The second-order valence-corrected chi connectivity index (χ2v) is 5.63. The lowest BCUT2D eigenvalue weighted by Crippen LogP contribution is -2.06. The second-order valence-electron chi connectivity index (χ2n) is 4.06. The molecule has 17 heavy (non-hydrogen) atoms. The summed E-state index contributed by atoms with van der Waals surface area (Å²) < 4.78 is 2.02. The van der Waals surface area contributed by atoms with E-state index in [1.165, 1.54) is 6.33 Å². The topological polar surface area (TPSA) is 63.8 Å². The van der Waals surface area contributed by atoms with Crippen LogP contribution in [0.25, 0.3) is 11.2 Å². The highest BCUT2D eigenvalue weighted by atomic mass is 35.5. The highest BCUT2D eigenvalue weighted by Crippen LogP contribution is 2.40. The summed E-state index contributed by atoms with van der Waals surface area (Å²) in [5.41, 5.74) is 1.41. The van der Waals surface area contributed by atoms with Crippen molar-refractivity contribution in [3.63, 3.8) is 0 Å². The van der Waals surface area contributed by atoms with Gasteiger partial charge in [-0.3, -0.25) is 0 Å². The third-order valence-corrected chi connectivity index (χ3v) is 4.69. The van der Waals surface area contributed by atoms with E-state index in [-0.39, 0.29) is 12.0 Å². The van der Waals surface area contributed by atoms with E-state index in [9.17, 15) is 0 Å². The first-order valence-electron chi connectivity index (χ1n) is 5.35. The van der Waals surface area contributed by atoms with Crippen LogP contribution in [0, 0.1) is 5.92 Å². The molecule has 2 aromatic rings. The predicted octanol–water partition coefficient (Wildman–Crippen LogP) is 1.72. The minimum absolute atomic E-state index is 0.242. The van der Waals surface area contributed by atoms with Crippen LogP contribution in [0.5, 0.6) is 0 Å². The van der Waals surface area contributed by atoms with Gasteiger partial charge >= 0.3 is 0 Å². The van der Waals surface area contributed by atoms with Crippen molar-refractivity contribution in [3.8, 4) is 0 Å². The SMILES string of the molecule is OCC1CSC(n2cnc3c(Cl)ncnc32)C1. The number of aromatic nitrogens is 4. The number of hydrogen-bond acceptors (Lipinski definition) is 5. The molecule has 0 amide bonds. The minimum atomic E-state index is 0.242. The van der Waals surface area contributed by atoms with Crippen LogP contribution in [-0.2, 0) is 0 Å². The summed E-state index contributed by atoms with van der Waals surface area (Å²) in [6.45, 7) is 0.242. The molecule has 0 saturated carbocycles. The van der Waals surface area contributed by atoms with Gasteiger partial charge in [-0.15, -0.1) is 11.8 Å². The number of imidazole rings is 1. The summed E-state index contributed by atoms with van der Waals surface area (Å²) in [5.74, 6) is 1.33. The smallest absolute Gasteiger partial charge is 0.165 e. The van der Waals surface area contributed by atoms with Crippen molar-refractivity contribution in [1.29, 1.82) is 0 Å². The van der Waals surface area contributed by atoms with Gasteiger partial charge in [-0.1, -0.05) is 11.6 Å². The molecule has 1 saturated heterocycles. The molecule has 2 unspecified atom stereocenters. The molecule has 1 aliphatic rings. The van der Waals surface area contributed by atoms with Crippen molar-refractivity contribution >= 4 is 34.5 Å². The van der Waals surface area contributed by atoms with Crippen molar-refractivity contribution < 1.29 is 5.11 Å². The Morgan fingerprint density at radius 3 is 3.12 bits per heavy atom. The average molecular weight is 271 g/mol. The highest BCUT2D eigenvalue weighted by Gasteiger charge is 2.27. The van der Waals surface area contributed by atoms with Crippen LogP contribution in [-0.4, -0.2) is 37.0 Å². The Morgan fingerprint density at radius 2 is 2.35 bits per heavy atom. The summed E-state index contributed by atoms with van der Waals surface area (Å²) in [4.78, 5) is 12.4. The van der Waals surface area contributed by atoms with E-state index >= 15 is 0 Å². The number of fused-ring (bicyclic) bond motifs is 1. The van der Waals surface area contributed by atoms with Gasteiger partial charge < -0.3 is 9.67 Å². The molecule has 7 heteroatoms. The van der Waals surface area contributed by atoms with E-state index in [4.69, 9.17) is 16.7 Å². The van der Waals surface area contributed by atoms with Gasteiger partial charge in [0.05, 0.1) is 11.7 Å². The standard InChI is InChI=1S/C10H11ClN4OS/c11-9-8-10(13-4-12-9)15(5-14-8)7-1-6(2-16)3-17-7/h4-7,16H,1-3H2. The lowest BCUT2D eigenvalue weighted by molar-refractivity contribution is 0.233. The molecule has 0 radical (unpaired) electrons. The van der Waals surface area contributed by atoms with Gasteiger partial charge in [0.2, 0.25) is 0 Å². The van der Waals surface area contributed by atoms with E-state index in [0.29, 0.717) is 16.6 Å². The monoisotopic (exact) mass is 270 g/mol. The number of hydrogen-bond donors (Lipinski definition) is 1. The maximum Gasteiger partial charge on any atom is 0.165 e. The molecule has 0 aliphatic carbocycles. The number of rotatable bonds is 2. The Bertz CT molecular complexity index is 546. The molecule has 3 heterocycles. The lowest BCUT2D eigenvalue weighted by atomic mass is 10.1. The molecule has 1 aliphatic heterocycles. The van der Waals surface area contributed by atoms with Crippen LogP contribution < -0.4 is 0 Å². The average Bonchev–Trinajstić information content (AvgIpc) is 2.94. The zero-order valence-electron chi connectivity index (χ0n) is 8.95. The summed E-state index contributed by atoms with van der Waals surface area (Å²) >= 11 is 7.77. The van der Waals surface area contributed by atoms with Crippen LogP contribution >= 0.6 is 23.4 Å². The van der Waals surface area contributed by atoms with E-state index in [2.05, 4.69) is 15.0 Å². The van der Waals surface area contributed by atoms with E-state index in [0.717, 1.165) is 17.8 Å². The molecule has 0 aromatic carbocycles. The Hall–Kier alpha value is -0.850. The number of halogens is 1. The molecular weight excluding hydrogens is 260 g/mol. The van der Waals surface area contributed by atoms with Crippen molar-refractivity contribution in [3.05, 3.63) is 17.8 Å². The van der Waals surface area contributed by atoms with Crippen molar-refractivity contribution in [2.75, 3.05) is 12.4 Å². The first kappa shape index (κ1) is 11.3. The van der Waals surface area contributed by atoms with Crippen LogP contribution in [0.3, 0.4) is 0 Å². The largest absolute Gasteiger partial charge is 0.396 e. The third kappa shape index (κ3) is 1.90. The first-order chi connectivity index (χ1) is 8.29. The summed E-state index contributed by atoms with van der Waals surface area (Å²) in [7, 11) is 0. The molecule has 2 aromatic heterocycles. The maximum absolute atomic E-state index is 9.15. The highest BCUT2D eigenvalue weighted by molar-refractivity contribution is 7.99. The van der Waals surface area contributed by atoms with Gasteiger partial charge in [-0.2, -0.15) is 0 Å². The Kier molecular flexibility index (Phi) is 2.94. The number of aliphatic hydroxyl groups is 1. The zero-order valence-corrected chi connectivity index (χ0v) is 10.5. The van der Waals surface area contributed by atoms with E-state index < -0.39 is 0 Å². The van der Waals surface area contributed by atoms with Gasteiger partial charge in [-0.25, -0.2) is 15.0 Å². The van der Waals surface area contributed by atoms with Gasteiger partial charge in [0.25, 0.3) is 0 Å². The van der Waals surface area contributed by atoms with Crippen LogP contribution in [0.2, 0.25) is 5.15 Å². The molecule has 1 N–H and O–H groups in total. The molecule has 90 valence electrons. The zero-order chi connectivity index (χ0) is 11.8. The fraction of sp³-hybridized carbons (Fsp3) is 0.500. The first-order valence-corrected chi connectivity index (χ1v) is 6.77. The fourth-order valence-corrected chi connectivity index (χ4v) is 3.66. The van der Waals surface area contributed by atoms with E-state index in [1.807, 2.05) is 16.3 Å². The minimum Gasteiger partial charge on any atom is -0.396 e. The molecule has 5 nitrogen and oxygen atoms in total. The van der Waals surface area contributed by atoms with Crippen LogP contribution in [0.4, 0.5) is 0 Å². The third-order valence-electron chi connectivity index (χ3n) is 2.94. The van der Waals surface area contributed by atoms with Gasteiger partial charge in [-0.05, 0) is 12.3 Å². The summed E-state index contributed by atoms with van der Waals surface area (Å²) in [5, 5.41) is 9.82. The Balaban J connectivity index is 1.99. The lowest BCUT2D eigenvalue weighted by Gasteiger charge is -2.11. The van der Waals surface area contributed by atoms with Crippen LogP contribution in [0.15, 0.2) is 12.7 Å². The molecule has 3 rings (SSSR count). The second kappa shape index (κ2) is 4.44. The summed E-state index contributed by atoms with van der Waals surface area (Å²) in [6, 6.07) is 0. The molecule has 0 bridgehead atoms. The predicted molar refractivity (Wildman–Crippen MR) is 67.0 cm³/mol.